The van der Waals surface area contributed by atoms with Gasteiger partial charge >= 0.3 is 0 Å². The van der Waals surface area contributed by atoms with Crippen LogP contribution in [0.3, 0.4) is 0 Å². The van der Waals surface area contributed by atoms with Gasteiger partial charge in [-0.25, -0.2) is 0 Å². The average molecular weight is 979 g/mol. The molecule has 1 heterocycles. The van der Waals surface area contributed by atoms with Gasteiger partial charge in [-0.15, -0.1) is 0 Å². The van der Waals surface area contributed by atoms with E-state index in [-0.39, 0.29) is 5.41 Å². The zero-order valence-corrected chi connectivity index (χ0v) is 38.5. The fourth-order valence-corrected chi connectivity index (χ4v) is 10.6. The van der Waals surface area contributed by atoms with Crippen molar-refractivity contribution < 1.29 is 0 Å². The number of aromatic nitrogens is 1. The molecule has 55 heavy (non-hydrogen) atoms. The second-order valence-electron chi connectivity index (χ2n) is 14.9. The van der Waals surface area contributed by atoms with E-state index in [4.69, 9.17) is 0 Å². The highest BCUT2D eigenvalue weighted by Crippen LogP contribution is 2.54. The normalized spacial score (nSPS) is 12.8. The lowest BCUT2D eigenvalue weighted by atomic mass is 9.81. The van der Waals surface area contributed by atoms with Crippen LogP contribution >= 0.6 is 60.3 Å². The second kappa shape index (κ2) is 15.1. The Morgan fingerprint density at radius 1 is 0.509 bits per heavy atom. The first-order chi connectivity index (χ1) is 26.6. The van der Waals surface area contributed by atoms with Crippen LogP contribution in [0.1, 0.15) is 61.1 Å². The molecule has 1 aromatic heterocycles. The molecule has 276 valence electrons. The van der Waals surface area contributed by atoms with Crippen molar-refractivity contribution in [3.05, 3.63) is 155 Å². The van der Waals surface area contributed by atoms with Gasteiger partial charge in [-0.05, 0) is 156 Å². The highest BCUT2D eigenvalue weighted by Gasteiger charge is 2.38. The maximum absolute atomic E-state index is 2.52. The third-order valence-corrected chi connectivity index (χ3v) is 15.4. The number of aryl methyl sites for hydroxylation is 4. The SMILES string of the molecule is CC.Cc1ccc(N(c2ccc(C)c(C)c2)c2ccc3c(c2)C(C)(C)c2cc(-n4c5ccc(SI)cc5c5cc(SI)ccc54)c4ccccc4c2-3)cc1C. The van der Waals surface area contributed by atoms with Gasteiger partial charge in [-0.1, -0.05) is 88.0 Å². The quantitative estimate of drug-likeness (QED) is 0.154. The van der Waals surface area contributed by atoms with E-state index in [9.17, 15) is 0 Å². The molecule has 0 aliphatic heterocycles. The van der Waals surface area contributed by atoms with E-state index in [0.717, 1.165) is 0 Å². The van der Waals surface area contributed by atoms with Crippen molar-refractivity contribution in [3.8, 4) is 16.8 Å². The molecule has 0 radical (unpaired) electrons. The summed E-state index contributed by atoms with van der Waals surface area (Å²) in [5.74, 6) is 0. The lowest BCUT2D eigenvalue weighted by Crippen LogP contribution is -2.17. The minimum atomic E-state index is -0.230. The lowest BCUT2D eigenvalue weighted by Gasteiger charge is -2.29. The first-order valence-electron chi connectivity index (χ1n) is 18.9. The highest BCUT2D eigenvalue weighted by atomic mass is 127. The number of anilines is 3. The molecule has 9 rings (SSSR count). The van der Waals surface area contributed by atoms with Crippen molar-refractivity contribution in [1.82, 2.24) is 4.57 Å². The third kappa shape index (κ3) is 6.39. The molecule has 0 spiro atoms. The Hall–Kier alpha value is -3.44. The van der Waals surface area contributed by atoms with E-state index in [1.54, 1.807) is 17.9 Å². The maximum Gasteiger partial charge on any atom is 0.0544 e. The Morgan fingerprint density at radius 3 is 1.55 bits per heavy atom. The molecule has 0 unspecified atom stereocenters. The Balaban J connectivity index is 0.00000210. The summed E-state index contributed by atoms with van der Waals surface area (Å²) < 4.78 is 2.52. The largest absolute Gasteiger partial charge is 0.310 e. The maximum atomic E-state index is 2.52. The van der Waals surface area contributed by atoms with E-state index < -0.39 is 0 Å². The lowest BCUT2D eigenvalue weighted by molar-refractivity contribution is 0.660. The molecule has 0 N–H and O–H groups in total. The molecule has 2 nitrogen and oxygen atoms in total. The minimum absolute atomic E-state index is 0.230. The number of fused-ring (bicyclic) bond motifs is 8. The van der Waals surface area contributed by atoms with Gasteiger partial charge in [0.2, 0.25) is 0 Å². The van der Waals surface area contributed by atoms with E-state index in [2.05, 4.69) is 215 Å². The van der Waals surface area contributed by atoms with Crippen molar-refractivity contribution in [1.29, 1.82) is 0 Å². The van der Waals surface area contributed by atoms with Crippen LogP contribution in [0.15, 0.2) is 131 Å². The van der Waals surface area contributed by atoms with E-state index in [1.807, 2.05) is 13.8 Å². The van der Waals surface area contributed by atoms with Gasteiger partial charge in [0.15, 0.2) is 0 Å². The van der Waals surface area contributed by atoms with E-state index >= 15 is 0 Å². The molecular weight excluding hydrogens is 934 g/mol. The Kier molecular flexibility index (Phi) is 10.6. The molecule has 0 amide bonds. The van der Waals surface area contributed by atoms with E-state index in [1.165, 1.54) is 110 Å². The molecular formula is C49H44I2N2S2. The van der Waals surface area contributed by atoms with Gasteiger partial charge in [-0.3, -0.25) is 0 Å². The number of hydrogen-bond acceptors (Lipinski definition) is 3. The first-order valence-corrected chi connectivity index (χ1v) is 25.6. The van der Waals surface area contributed by atoms with Crippen LogP contribution in [0.2, 0.25) is 0 Å². The van der Waals surface area contributed by atoms with Crippen LogP contribution in [0.25, 0.3) is 49.4 Å². The Labute approximate surface area is 358 Å². The summed E-state index contributed by atoms with van der Waals surface area (Å²) in [6.45, 7) is 17.6. The van der Waals surface area contributed by atoms with Crippen LogP contribution in [-0.4, -0.2) is 4.57 Å². The number of rotatable bonds is 6. The molecule has 0 fully saturated rings. The summed E-state index contributed by atoms with van der Waals surface area (Å²) in [5.41, 5.74) is 17.6. The zero-order chi connectivity index (χ0) is 38.8. The molecule has 0 bridgehead atoms. The summed E-state index contributed by atoms with van der Waals surface area (Å²) in [6.07, 6.45) is 0. The number of halogens is 2. The molecule has 0 atom stereocenters. The van der Waals surface area contributed by atoms with Gasteiger partial charge in [0.25, 0.3) is 0 Å². The smallest absolute Gasteiger partial charge is 0.0544 e. The summed E-state index contributed by atoms with van der Waals surface area (Å²) in [5, 5.41) is 5.16. The fraction of sp³-hybridized carbons (Fsp3) is 0.184. The van der Waals surface area contributed by atoms with Crippen LogP contribution in [0, 0.1) is 27.7 Å². The molecule has 0 saturated heterocycles. The average Bonchev–Trinajstić information content (AvgIpc) is 3.64. The van der Waals surface area contributed by atoms with Crippen LogP contribution in [0.4, 0.5) is 17.1 Å². The molecule has 0 saturated carbocycles. The summed E-state index contributed by atoms with van der Waals surface area (Å²) in [7, 11) is 3.54. The fourth-order valence-electron chi connectivity index (χ4n) is 8.39. The first kappa shape index (κ1) is 38.4. The monoisotopic (exact) mass is 978 g/mol. The summed E-state index contributed by atoms with van der Waals surface area (Å²) in [4.78, 5) is 4.97. The number of benzene rings is 7. The predicted molar refractivity (Wildman–Crippen MR) is 261 cm³/mol. The Bertz CT molecular complexity index is 2690. The van der Waals surface area contributed by atoms with Gasteiger partial charge < -0.3 is 9.47 Å². The van der Waals surface area contributed by atoms with Gasteiger partial charge in [-0.2, -0.15) is 0 Å². The molecule has 1 aliphatic carbocycles. The summed E-state index contributed by atoms with van der Waals surface area (Å²) in [6, 6.07) is 46.3. The topological polar surface area (TPSA) is 8.17 Å². The van der Waals surface area contributed by atoms with Crippen LogP contribution in [0.5, 0.6) is 0 Å². The molecule has 6 heteroatoms. The highest BCUT2D eigenvalue weighted by molar-refractivity contribution is 14.2. The van der Waals surface area contributed by atoms with Crippen LogP contribution in [-0.2, 0) is 5.41 Å². The molecule has 1 aliphatic rings. The number of nitrogens with zero attached hydrogens (tertiary/aromatic N) is 2. The van der Waals surface area contributed by atoms with E-state index in [0.29, 0.717) is 0 Å². The standard InChI is InChI=1S/C47H38I2N2S2.C2H6/c1-27-11-13-31(21-29(27)3)50(32-14-12-28(2)30(4)22-32)33-15-18-38-41(23-33)47(5,6)42-26-45(36-9-7-8-10-37(36)46(38)42)51-43-19-16-34(52-48)24-39(43)40-25-35(53-49)17-20-44(40)51;1-2/h7-26H,1-6H3;1-2H3. The summed E-state index contributed by atoms with van der Waals surface area (Å²) >= 11 is 4.79. The number of hydrogen-bond donors (Lipinski definition) is 0. The van der Waals surface area contributed by atoms with Crippen molar-refractivity contribution in [3.63, 3.8) is 0 Å². The van der Waals surface area contributed by atoms with Crippen molar-refractivity contribution >= 4 is 110 Å². The Morgan fingerprint density at radius 2 is 1.02 bits per heavy atom. The van der Waals surface area contributed by atoms with Gasteiger partial charge in [0.05, 0.1) is 16.7 Å². The minimum Gasteiger partial charge on any atom is -0.310 e. The van der Waals surface area contributed by atoms with Gasteiger partial charge in [0, 0.05) is 90.8 Å². The van der Waals surface area contributed by atoms with Crippen molar-refractivity contribution in [2.45, 2.75) is 70.6 Å². The predicted octanol–water partition coefficient (Wildman–Crippen LogP) is 16.9. The molecule has 8 aromatic rings. The third-order valence-electron chi connectivity index (χ3n) is 11.5. The zero-order valence-electron chi connectivity index (χ0n) is 32.5. The van der Waals surface area contributed by atoms with Gasteiger partial charge in [0.1, 0.15) is 0 Å². The van der Waals surface area contributed by atoms with Crippen LogP contribution < -0.4 is 4.90 Å². The van der Waals surface area contributed by atoms with Crippen molar-refractivity contribution in [2.24, 2.45) is 0 Å². The van der Waals surface area contributed by atoms with Crippen molar-refractivity contribution in [2.75, 3.05) is 4.90 Å². The second-order valence-corrected chi connectivity index (χ2v) is 18.8. The molecule has 7 aromatic carbocycles.